The Kier molecular flexibility index (Phi) is 14.0. The summed E-state index contributed by atoms with van der Waals surface area (Å²) in [6, 6.07) is 20.0. The van der Waals surface area contributed by atoms with Crippen LogP contribution in [0.15, 0.2) is 77.6 Å². The number of hydrogen-bond donors (Lipinski definition) is 0. The van der Waals surface area contributed by atoms with E-state index in [9.17, 15) is 0 Å². The molecule has 0 atom stereocenters. The predicted octanol–water partition coefficient (Wildman–Crippen LogP) is -17.6. The van der Waals surface area contributed by atoms with Gasteiger partial charge in [-0.25, -0.2) is 15.0 Å². The predicted molar refractivity (Wildman–Crippen MR) is 350 cm³/mol. The van der Waals surface area contributed by atoms with E-state index >= 15 is 0 Å². The summed E-state index contributed by atoms with van der Waals surface area (Å²) in [6.45, 7) is 2.07. The van der Waals surface area contributed by atoms with E-state index in [2.05, 4.69) is 136 Å². The van der Waals surface area contributed by atoms with Crippen LogP contribution in [0.25, 0.3) is 61.5 Å². The third kappa shape index (κ3) is 8.30. The molecule has 7 aromatic rings. The third-order valence-electron chi connectivity index (χ3n) is 16.5. The van der Waals surface area contributed by atoms with Gasteiger partial charge in [-0.1, -0.05) is 116 Å². The Morgan fingerprint density at radius 3 is 1.50 bits per heavy atom. The van der Waals surface area contributed by atoms with E-state index in [1.807, 2.05) is 68.5 Å². The monoisotopic (exact) mass is 886 g/mol. The van der Waals surface area contributed by atoms with E-state index in [0.29, 0.717) is 35.9 Å². The Morgan fingerprint density at radius 1 is 0.529 bits per heavy atom. The molecule has 0 unspecified atom stereocenters. The highest BCUT2D eigenvalue weighted by Crippen LogP contribution is 2.38. The number of terminal acetylenes is 2. The summed E-state index contributed by atoms with van der Waals surface area (Å²) in [7, 11) is 36.1. The Labute approximate surface area is 430 Å². The van der Waals surface area contributed by atoms with Crippen molar-refractivity contribution in [3.8, 4) is 58.6 Å². The molecule has 0 bridgehead atoms. The molecule has 0 N–H and O–H groups in total. The molecule has 0 radical (unpaired) electrons. The molecule has 0 aliphatic carbocycles. The van der Waals surface area contributed by atoms with Crippen LogP contribution in [0.2, 0.25) is 0 Å². The van der Waals surface area contributed by atoms with Gasteiger partial charge in [-0.05, 0) is 57.1 Å². The second-order valence-electron chi connectivity index (χ2n) is 19.9. The van der Waals surface area contributed by atoms with Crippen molar-refractivity contribution in [3.63, 3.8) is 0 Å². The highest BCUT2D eigenvalue weighted by atomic mass is 16.5. The second-order valence-corrected chi connectivity index (χ2v) is 19.9. The van der Waals surface area contributed by atoms with Crippen LogP contribution in [-0.2, 0) is 11.2 Å². The Bertz CT molecular complexity index is 3640. The van der Waals surface area contributed by atoms with Crippen LogP contribution in [0.4, 0.5) is 0 Å². The number of nitrogens with zero attached hydrogens (tertiary/aromatic N) is 3. The van der Waals surface area contributed by atoms with Gasteiger partial charge < -0.3 is 4.74 Å². The molecule has 1 aliphatic heterocycles. The zero-order valence-electron chi connectivity index (χ0n) is 44.6. The van der Waals surface area contributed by atoms with Crippen LogP contribution < -0.4 is 92.4 Å². The summed E-state index contributed by atoms with van der Waals surface area (Å²) < 4.78 is 7.42. The van der Waals surface area contributed by atoms with Gasteiger partial charge in [0.2, 0.25) is 0 Å². The second kappa shape index (κ2) is 19.5. The lowest BCUT2D eigenvalue weighted by Gasteiger charge is -2.29. The highest BCUT2D eigenvalue weighted by molar-refractivity contribution is 6.72. The summed E-state index contributed by atoms with van der Waals surface area (Å²) in [5, 5.41) is 4.77. The number of ether oxygens (including phenoxy) is 1. The van der Waals surface area contributed by atoms with Crippen molar-refractivity contribution >= 4 is 235 Å². The van der Waals surface area contributed by atoms with Crippen molar-refractivity contribution in [1.82, 2.24) is 15.0 Å². The van der Waals surface area contributed by atoms with Gasteiger partial charge in [-0.2, -0.15) is 0 Å². The van der Waals surface area contributed by atoms with Crippen molar-refractivity contribution in [2.75, 3.05) is 0 Å². The van der Waals surface area contributed by atoms with Crippen LogP contribution >= 0.6 is 0 Å². The molecule has 0 fully saturated rings. The number of fused-ring (bicyclic) bond motifs is 1. The molecule has 2 heterocycles. The van der Waals surface area contributed by atoms with Crippen LogP contribution in [0.3, 0.4) is 0 Å². The SMILES string of the molecule is B/C(C#C)=c1\c(B)c(B)c(B)c(B)\c1=C1\CC(Cc2c(B)c(B)c(-c3c(B)c(B)c(B)c(B)c3B)c3c(B)c(B)c(B)c(B)c23)=C(/C(C)=C(\C#C)c2nc(-c3ccccc3)nc(-c3ccccc3)n2)O1. The van der Waals surface area contributed by atoms with E-state index in [1.54, 1.807) is 0 Å². The topological polar surface area (TPSA) is 47.9 Å². The first kappa shape index (κ1) is 50.2. The average Bonchev–Trinajstić information content (AvgIpc) is 3.79. The van der Waals surface area contributed by atoms with Gasteiger partial charge in [0, 0.05) is 28.3 Å². The van der Waals surface area contributed by atoms with Gasteiger partial charge in [0.1, 0.15) is 129 Å². The van der Waals surface area contributed by atoms with Crippen LogP contribution in [0.5, 0.6) is 0 Å². The van der Waals surface area contributed by atoms with Gasteiger partial charge in [0.25, 0.3) is 0 Å². The fourth-order valence-electron chi connectivity index (χ4n) is 11.1. The van der Waals surface area contributed by atoms with E-state index in [4.69, 9.17) is 32.5 Å². The summed E-state index contributed by atoms with van der Waals surface area (Å²) in [5.74, 6) is 9.19. The van der Waals surface area contributed by atoms with Gasteiger partial charge in [0.15, 0.2) is 25.3 Å². The minimum Gasteiger partial charge on any atom is -0.460 e. The molecule has 0 saturated heterocycles. The average molecular weight is 883 g/mol. The van der Waals surface area contributed by atoms with Crippen LogP contribution in [0, 0.1) is 24.7 Å². The van der Waals surface area contributed by atoms with Gasteiger partial charge in [0.05, 0.1) is 5.57 Å². The summed E-state index contributed by atoms with van der Waals surface area (Å²) in [4.78, 5) is 15.2. The largest absolute Gasteiger partial charge is 0.460 e. The Hall–Kier alpha value is -6.23. The standard InChI is InChI=1S/C50H51B16N3O/c1-4-22(50-68-48(19-12-8-6-9-13-19)67-49(69-50)20-14-10-7-11-15-20)18(3)47-21(17-25(70-47)28-27(24(51)5-2)34(54)41(61)42(62)35(28)55)16-23-26-29(37(57)43(63)40(60)33(26)53)30(36(56)32(23)52)31-38(58)44(64)46(66)45(65)39(31)59/h1-2,6-15H,16-17,51-66H2,3H3/b22-18+,27-24-,28-25-. The fourth-order valence-corrected chi connectivity index (χ4v) is 11.1. The lowest BCUT2D eigenvalue weighted by molar-refractivity contribution is 0.398. The van der Waals surface area contributed by atoms with Crippen molar-refractivity contribution in [2.45, 2.75) is 19.8 Å². The molecule has 1 aromatic heterocycles. The van der Waals surface area contributed by atoms with Crippen molar-refractivity contribution in [2.24, 2.45) is 0 Å². The normalized spacial score (nSPS) is 13.9. The number of allylic oxidation sites excluding steroid dienone is 2. The van der Waals surface area contributed by atoms with E-state index < -0.39 is 0 Å². The molecular weight excluding hydrogens is 832 g/mol. The smallest absolute Gasteiger partial charge is 0.172 e. The summed E-state index contributed by atoms with van der Waals surface area (Å²) in [5.41, 5.74) is 28.6. The lowest BCUT2D eigenvalue weighted by Crippen LogP contribution is -2.64. The summed E-state index contributed by atoms with van der Waals surface area (Å²) >= 11 is 0. The Balaban J connectivity index is 1.49. The molecule has 0 spiro atoms. The van der Waals surface area contributed by atoms with Gasteiger partial charge in [-0.3, -0.25) is 0 Å². The van der Waals surface area contributed by atoms with Crippen molar-refractivity contribution < 1.29 is 4.74 Å². The van der Waals surface area contributed by atoms with Crippen molar-refractivity contribution in [3.05, 3.63) is 99.4 Å². The van der Waals surface area contributed by atoms with E-state index in [0.717, 1.165) is 55.2 Å². The molecule has 0 saturated carbocycles. The molecule has 20 heteroatoms. The van der Waals surface area contributed by atoms with Crippen molar-refractivity contribution in [1.29, 1.82) is 0 Å². The Morgan fingerprint density at radius 2 is 0.986 bits per heavy atom. The maximum atomic E-state index is 7.42. The maximum Gasteiger partial charge on any atom is 0.172 e. The minimum absolute atomic E-state index is 0.417. The molecule has 70 heavy (non-hydrogen) atoms. The first-order valence-corrected chi connectivity index (χ1v) is 24.6. The van der Waals surface area contributed by atoms with Gasteiger partial charge in [-0.15, -0.1) is 51.1 Å². The molecule has 320 valence electrons. The molecule has 0 amide bonds. The van der Waals surface area contributed by atoms with E-state index in [1.165, 1.54) is 104 Å². The molecule has 8 rings (SSSR count). The first-order chi connectivity index (χ1) is 33.2. The fraction of sp³-hybridized carbons (Fsp3) is 0.0600. The molecule has 1 aliphatic rings. The number of hydrogen-bond acceptors (Lipinski definition) is 4. The lowest BCUT2D eigenvalue weighted by atomic mass is 9.56. The zero-order chi connectivity index (χ0) is 50.8. The molecule has 6 aromatic carbocycles. The first-order valence-electron chi connectivity index (χ1n) is 24.6. The zero-order valence-corrected chi connectivity index (χ0v) is 44.6. The quantitative estimate of drug-likeness (QED) is 0.118. The molecule has 4 nitrogen and oxygen atoms in total. The highest BCUT2D eigenvalue weighted by Gasteiger charge is 2.30. The minimum atomic E-state index is 0.417. The molecular formula is C50H51B16N3O. The third-order valence-corrected chi connectivity index (χ3v) is 16.5. The van der Waals surface area contributed by atoms with Crippen LogP contribution in [0.1, 0.15) is 24.7 Å². The van der Waals surface area contributed by atoms with Gasteiger partial charge >= 0.3 is 0 Å². The number of rotatable bonds is 7. The number of aromatic nitrogens is 3. The summed E-state index contributed by atoms with van der Waals surface area (Å²) in [6.07, 6.45) is 14.1. The number of benzene rings is 6. The maximum absolute atomic E-state index is 7.42. The van der Waals surface area contributed by atoms with E-state index in [-0.39, 0.29) is 0 Å². The van der Waals surface area contributed by atoms with Crippen LogP contribution in [-0.4, -0.2) is 140 Å².